The largest absolute Gasteiger partial charge is 0.490 e. The summed E-state index contributed by atoms with van der Waals surface area (Å²) in [5.74, 6) is 0.672. The van der Waals surface area contributed by atoms with Gasteiger partial charge in [-0.1, -0.05) is 35.3 Å². The molecule has 140 valence electrons. The average Bonchev–Trinajstić information content (AvgIpc) is 2.93. The Morgan fingerprint density at radius 2 is 1.89 bits per heavy atom. The van der Waals surface area contributed by atoms with E-state index in [1.807, 2.05) is 6.92 Å². The van der Waals surface area contributed by atoms with Crippen LogP contribution in [0.15, 0.2) is 41.3 Å². The van der Waals surface area contributed by atoms with Gasteiger partial charge in [0.05, 0.1) is 11.5 Å². The van der Waals surface area contributed by atoms with Crippen LogP contribution < -0.4 is 14.8 Å². The fourth-order valence-electron chi connectivity index (χ4n) is 2.37. The highest BCUT2D eigenvalue weighted by atomic mass is 35.5. The normalized spacial score (nSPS) is 15.1. The number of carbonyl (C=O) groups excluding carboxylic acids is 2. The molecule has 0 radical (unpaired) electrons. The zero-order chi connectivity index (χ0) is 19.4. The first-order valence-corrected chi connectivity index (χ1v) is 9.62. The van der Waals surface area contributed by atoms with Crippen LogP contribution in [0.3, 0.4) is 0 Å². The molecule has 1 aliphatic rings. The number of imide groups is 1. The van der Waals surface area contributed by atoms with Gasteiger partial charge < -0.3 is 9.47 Å². The Kier molecular flexibility index (Phi) is 6.31. The van der Waals surface area contributed by atoms with Crippen LogP contribution >= 0.6 is 35.0 Å². The van der Waals surface area contributed by atoms with Gasteiger partial charge >= 0.3 is 0 Å². The average molecular weight is 424 g/mol. The number of thioether (sulfide) groups is 1. The predicted octanol–water partition coefficient (Wildman–Crippen LogP) is 5.30. The van der Waals surface area contributed by atoms with Crippen molar-refractivity contribution in [2.24, 2.45) is 0 Å². The molecule has 1 aliphatic heterocycles. The van der Waals surface area contributed by atoms with Crippen LogP contribution in [0.1, 0.15) is 18.1 Å². The van der Waals surface area contributed by atoms with Gasteiger partial charge in [0.15, 0.2) is 11.5 Å². The third-order valence-corrected chi connectivity index (χ3v) is 5.00. The van der Waals surface area contributed by atoms with Crippen LogP contribution in [-0.2, 0) is 11.4 Å². The maximum absolute atomic E-state index is 11.7. The molecule has 0 spiro atoms. The highest BCUT2D eigenvalue weighted by molar-refractivity contribution is 8.18. The zero-order valence-corrected chi connectivity index (χ0v) is 16.6. The molecule has 8 heteroatoms. The van der Waals surface area contributed by atoms with E-state index < -0.39 is 5.91 Å². The third kappa shape index (κ3) is 4.97. The smallest absolute Gasteiger partial charge is 0.290 e. The summed E-state index contributed by atoms with van der Waals surface area (Å²) < 4.78 is 11.5. The Labute approximate surface area is 170 Å². The van der Waals surface area contributed by atoms with Gasteiger partial charge in [0.2, 0.25) is 0 Å². The topological polar surface area (TPSA) is 64.6 Å². The molecule has 0 bridgehead atoms. The number of benzene rings is 2. The fourth-order valence-corrected chi connectivity index (χ4v) is 3.51. The molecule has 0 atom stereocenters. The van der Waals surface area contributed by atoms with Crippen molar-refractivity contribution in [3.05, 3.63) is 62.5 Å². The molecule has 0 aromatic heterocycles. The lowest BCUT2D eigenvalue weighted by molar-refractivity contribution is -0.115. The van der Waals surface area contributed by atoms with Crippen molar-refractivity contribution in [2.45, 2.75) is 13.5 Å². The van der Waals surface area contributed by atoms with Gasteiger partial charge in [0.25, 0.3) is 11.1 Å². The van der Waals surface area contributed by atoms with Crippen molar-refractivity contribution in [3.8, 4) is 11.5 Å². The van der Waals surface area contributed by atoms with Gasteiger partial charge in [-0.05, 0) is 54.6 Å². The first-order chi connectivity index (χ1) is 13.0. The lowest BCUT2D eigenvalue weighted by Crippen LogP contribution is -2.17. The van der Waals surface area contributed by atoms with Crippen molar-refractivity contribution < 1.29 is 19.1 Å². The molecule has 0 unspecified atom stereocenters. The number of hydrogen-bond donors (Lipinski definition) is 1. The van der Waals surface area contributed by atoms with Crippen LogP contribution in [0.5, 0.6) is 11.5 Å². The summed E-state index contributed by atoms with van der Waals surface area (Å²) in [4.78, 5) is 23.3. The number of hydrogen-bond acceptors (Lipinski definition) is 5. The molecule has 2 amide bonds. The van der Waals surface area contributed by atoms with Crippen molar-refractivity contribution in [1.82, 2.24) is 5.32 Å². The van der Waals surface area contributed by atoms with Crippen LogP contribution in [-0.4, -0.2) is 17.8 Å². The maximum atomic E-state index is 11.7. The Hall–Kier alpha value is -2.15. The van der Waals surface area contributed by atoms with E-state index in [2.05, 4.69) is 5.32 Å². The van der Waals surface area contributed by atoms with Crippen LogP contribution in [0.4, 0.5) is 4.79 Å². The number of nitrogens with one attached hydrogen (secondary N) is 1. The summed E-state index contributed by atoms with van der Waals surface area (Å²) in [6.07, 6.45) is 1.63. The number of halogens is 2. The van der Waals surface area contributed by atoms with E-state index in [0.29, 0.717) is 38.6 Å². The fraction of sp³-hybridized carbons (Fsp3) is 0.158. The van der Waals surface area contributed by atoms with Crippen molar-refractivity contribution in [2.75, 3.05) is 6.61 Å². The molecular formula is C19H15Cl2NO4S. The summed E-state index contributed by atoms with van der Waals surface area (Å²) in [5, 5.41) is 2.90. The summed E-state index contributed by atoms with van der Waals surface area (Å²) in [7, 11) is 0. The first-order valence-electron chi connectivity index (χ1n) is 8.04. The van der Waals surface area contributed by atoms with Crippen LogP contribution in [0.2, 0.25) is 10.0 Å². The van der Waals surface area contributed by atoms with E-state index >= 15 is 0 Å². The number of rotatable bonds is 6. The van der Waals surface area contributed by atoms with Gasteiger partial charge in [-0.15, -0.1) is 0 Å². The molecule has 1 heterocycles. The van der Waals surface area contributed by atoms with Crippen LogP contribution in [0.25, 0.3) is 6.08 Å². The van der Waals surface area contributed by atoms with E-state index in [1.165, 1.54) is 0 Å². The molecule has 1 N–H and O–H groups in total. The molecule has 2 aromatic rings. The highest BCUT2D eigenvalue weighted by Gasteiger charge is 2.25. The second-order valence-corrected chi connectivity index (χ2v) is 7.37. The standard InChI is InChI=1S/C19H15Cl2NO4S/c1-2-25-15-6-3-11(8-17-18(23)22-19(24)27-17)7-16(15)26-10-12-4-5-13(20)9-14(12)21/h3-9H,2,10H2,1H3,(H,22,23,24)/b17-8-. The lowest BCUT2D eigenvalue weighted by Gasteiger charge is -2.13. The minimum atomic E-state index is -0.408. The zero-order valence-electron chi connectivity index (χ0n) is 14.3. The molecule has 1 saturated heterocycles. The van der Waals surface area contributed by atoms with Gasteiger partial charge in [0, 0.05) is 15.6 Å². The van der Waals surface area contributed by atoms with Gasteiger partial charge in [0.1, 0.15) is 6.61 Å². The number of carbonyl (C=O) groups is 2. The summed E-state index contributed by atoms with van der Waals surface area (Å²) in [6, 6.07) is 10.5. The molecule has 3 rings (SSSR count). The minimum absolute atomic E-state index is 0.226. The van der Waals surface area contributed by atoms with E-state index in [4.69, 9.17) is 32.7 Å². The van der Waals surface area contributed by atoms with Crippen molar-refractivity contribution in [3.63, 3.8) is 0 Å². The summed E-state index contributed by atoms with van der Waals surface area (Å²) in [5.41, 5.74) is 1.49. The number of amides is 2. The molecule has 1 fully saturated rings. The SMILES string of the molecule is CCOc1ccc(/C=C2\SC(=O)NC2=O)cc1OCc1ccc(Cl)cc1Cl. The summed E-state index contributed by atoms with van der Waals surface area (Å²) in [6.45, 7) is 2.58. The quantitative estimate of drug-likeness (QED) is 0.638. The third-order valence-electron chi connectivity index (χ3n) is 3.61. The predicted molar refractivity (Wildman–Crippen MR) is 108 cm³/mol. The number of ether oxygens (including phenoxy) is 2. The monoisotopic (exact) mass is 423 g/mol. The van der Waals surface area contributed by atoms with E-state index in [-0.39, 0.29) is 11.8 Å². The Balaban J connectivity index is 1.84. The molecule has 2 aromatic carbocycles. The molecule has 0 aliphatic carbocycles. The highest BCUT2D eigenvalue weighted by Crippen LogP contribution is 2.33. The Bertz CT molecular complexity index is 930. The Morgan fingerprint density at radius 1 is 1.07 bits per heavy atom. The molecular weight excluding hydrogens is 409 g/mol. The van der Waals surface area contributed by atoms with E-state index in [0.717, 1.165) is 17.3 Å². The van der Waals surface area contributed by atoms with E-state index in [9.17, 15) is 9.59 Å². The van der Waals surface area contributed by atoms with Gasteiger partial charge in [-0.2, -0.15) is 0 Å². The Morgan fingerprint density at radius 3 is 2.56 bits per heavy atom. The van der Waals surface area contributed by atoms with Crippen LogP contribution in [0, 0.1) is 0 Å². The molecule has 5 nitrogen and oxygen atoms in total. The van der Waals surface area contributed by atoms with Gasteiger partial charge in [-0.25, -0.2) is 0 Å². The molecule has 0 saturated carbocycles. The molecule has 27 heavy (non-hydrogen) atoms. The minimum Gasteiger partial charge on any atom is -0.490 e. The van der Waals surface area contributed by atoms with Crippen molar-refractivity contribution >= 4 is 52.2 Å². The lowest BCUT2D eigenvalue weighted by atomic mass is 10.1. The van der Waals surface area contributed by atoms with Gasteiger partial charge in [-0.3, -0.25) is 14.9 Å². The first kappa shape index (κ1) is 19.6. The second kappa shape index (κ2) is 8.69. The van der Waals surface area contributed by atoms with E-state index in [1.54, 1.807) is 42.5 Å². The maximum Gasteiger partial charge on any atom is 0.290 e. The second-order valence-electron chi connectivity index (χ2n) is 5.52. The van der Waals surface area contributed by atoms with Crippen molar-refractivity contribution in [1.29, 1.82) is 0 Å². The summed E-state index contributed by atoms with van der Waals surface area (Å²) >= 11 is 13.0.